The number of anilines is 2. The Hall–Kier alpha value is -1.92. The van der Waals surface area contributed by atoms with Crippen LogP contribution in [0.2, 0.25) is 0 Å². The molecule has 2 aliphatic heterocycles. The Kier molecular flexibility index (Phi) is 4.04. The van der Waals surface area contributed by atoms with Gasteiger partial charge in [-0.1, -0.05) is 37.3 Å². The molecule has 2 aromatic rings. The van der Waals surface area contributed by atoms with Crippen LogP contribution in [-0.2, 0) is 16.3 Å². The van der Waals surface area contributed by atoms with Gasteiger partial charge in [0.05, 0.1) is 23.6 Å². The fraction of sp³-hybridized carbons (Fsp3) is 0.316. The second-order valence-corrected chi connectivity index (χ2v) is 9.11. The molecule has 0 spiro atoms. The van der Waals surface area contributed by atoms with Crippen LogP contribution in [0.15, 0.2) is 54.6 Å². The molecule has 0 amide bonds. The largest absolute Gasteiger partial charge is 0.312 e. The third-order valence-corrected chi connectivity index (χ3v) is 7.12. The van der Waals surface area contributed by atoms with E-state index in [1.807, 2.05) is 52.3 Å². The summed E-state index contributed by atoms with van der Waals surface area (Å²) in [4.78, 5) is 4.04. The number of aryl methyl sites for hydroxylation is 1. The second-order valence-electron chi connectivity index (χ2n) is 6.59. The summed E-state index contributed by atoms with van der Waals surface area (Å²) >= 11 is 5.77. The topological polar surface area (TPSA) is 40.6 Å². The molecule has 4 rings (SSSR count). The van der Waals surface area contributed by atoms with Gasteiger partial charge < -0.3 is 9.80 Å². The van der Waals surface area contributed by atoms with Crippen molar-refractivity contribution in [2.45, 2.75) is 25.4 Å². The fourth-order valence-corrected chi connectivity index (χ4v) is 6.19. The third-order valence-electron chi connectivity index (χ3n) is 5.03. The minimum Gasteiger partial charge on any atom is -0.312 e. The molecule has 6 heteroatoms. The minimum absolute atomic E-state index is 0.134. The van der Waals surface area contributed by atoms with Crippen LogP contribution in [0.1, 0.15) is 12.5 Å². The van der Waals surface area contributed by atoms with Crippen molar-refractivity contribution in [3.05, 3.63) is 60.2 Å². The van der Waals surface area contributed by atoms with Gasteiger partial charge in [-0.15, -0.1) is 0 Å². The number of hydrogen-bond donors (Lipinski definition) is 0. The molecule has 0 aliphatic carbocycles. The van der Waals surface area contributed by atoms with Gasteiger partial charge in [-0.25, -0.2) is 8.42 Å². The average Bonchev–Trinajstić information content (AvgIpc) is 3.04. The Labute approximate surface area is 154 Å². The van der Waals surface area contributed by atoms with Crippen molar-refractivity contribution in [1.29, 1.82) is 0 Å². The average molecular weight is 373 g/mol. The number of fused-ring (bicyclic) bond motifs is 1. The van der Waals surface area contributed by atoms with E-state index in [9.17, 15) is 8.42 Å². The van der Waals surface area contributed by atoms with Gasteiger partial charge in [0.1, 0.15) is 0 Å². The van der Waals surface area contributed by atoms with Crippen LogP contribution in [0.5, 0.6) is 0 Å². The maximum absolute atomic E-state index is 12.3. The van der Waals surface area contributed by atoms with E-state index in [1.165, 1.54) is 5.56 Å². The summed E-state index contributed by atoms with van der Waals surface area (Å²) in [5.41, 5.74) is 3.17. The molecule has 25 heavy (non-hydrogen) atoms. The molecule has 0 saturated carbocycles. The van der Waals surface area contributed by atoms with Crippen LogP contribution in [0, 0.1) is 0 Å². The minimum atomic E-state index is -3.07. The SMILES string of the molecule is CCc1ccc(N2C(=S)N(c3ccccc3)[C@@H]3CS(=O)(=O)C[C@H]32)cc1. The van der Waals surface area contributed by atoms with Crippen molar-refractivity contribution in [1.82, 2.24) is 0 Å². The maximum atomic E-state index is 12.3. The fourth-order valence-electron chi connectivity index (χ4n) is 3.79. The standard InChI is InChI=1S/C19H20N2O2S2/c1-2-14-8-10-16(11-9-14)21-18-13-25(22,23)12-17(18)20(19(21)24)15-6-4-3-5-7-15/h3-11,17-18H,2,12-13H2,1H3/t17-,18-/m1/s1. The Morgan fingerprint density at radius 2 is 1.44 bits per heavy atom. The molecule has 2 aliphatic rings. The molecule has 2 atom stereocenters. The van der Waals surface area contributed by atoms with Gasteiger partial charge >= 0.3 is 0 Å². The summed E-state index contributed by atoms with van der Waals surface area (Å²) in [5, 5.41) is 0.681. The van der Waals surface area contributed by atoms with E-state index in [0.717, 1.165) is 17.8 Å². The number of hydrogen-bond acceptors (Lipinski definition) is 3. The van der Waals surface area contributed by atoms with Gasteiger partial charge in [0.25, 0.3) is 0 Å². The lowest BCUT2D eigenvalue weighted by atomic mass is 10.1. The predicted octanol–water partition coefficient (Wildman–Crippen LogP) is 3.03. The van der Waals surface area contributed by atoms with Crippen LogP contribution in [0.3, 0.4) is 0 Å². The first kappa shape index (κ1) is 16.5. The molecular formula is C19H20N2O2S2. The lowest BCUT2D eigenvalue weighted by Gasteiger charge is -2.25. The van der Waals surface area contributed by atoms with Crippen molar-refractivity contribution in [2.75, 3.05) is 21.3 Å². The van der Waals surface area contributed by atoms with Crippen LogP contribution in [0.25, 0.3) is 0 Å². The highest BCUT2D eigenvalue weighted by atomic mass is 32.2. The normalized spacial score (nSPS) is 24.6. The van der Waals surface area contributed by atoms with Gasteiger partial charge in [0.15, 0.2) is 14.9 Å². The molecule has 2 heterocycles. The quantitative estimate of drug-likeness (QED) is 0.775. The molecule has 2 saturated heterocycles. The molecule has 130 valence electrons. The van der Waals surface area contributed by atoms with E-state index in [-0.39, 0.29) is 23.6 Å². The number of sulfone groups is 1. The Bertz CT molecular complexity index is 895. The van der Waals surface area contributed by atoms with Crippen molar-refractivity contribution < 1.29 is 8.42 Å². The Morgan fingerprint density at radius 1 is 0.920 bits per heavy atom. The Morgan fingerprint density at radius 3 is 1.96 bits per heavy atom. The lowest BCUT2D eigenvalue weighted by molar-refractivity contribution is 0.601. The van der Waals surface area contributed by atoms with Gasteiger partial charge in [0.2, 0.25) is 0 Å². The highest BCUT2D eigenvalue weighted by molar-refractivity contribution is 7.91. The van der Waals surface area contributed by atoms with Gasteiger partial charge in [-0.05, 0) is 48.5 Å². The smallest absolute Gasteiger partial charge is 0.181 e. The van der Waals surface area contributed by atoms with Crippen molar-refractivity contribution in [2.24, 2.45) is 0 Å². The number of nitrogens with zero attached hydrogens (tertiary/aromatic N) is 2. The van der Waals surface area contributed by atoms with Crippen molar-refractivity contribution >= 4 is 38.5 Å². The lowest BCUT2D eigenvalue weighted by Crippen LogP contribution is -2.37. The number of thiocarbonyl (C=S) groups is 1. The zero-order valence-electron chi connectivity index (χ0n) is 14.0. The van der Waals surface area contributed by atoms with Crippen LogP contribution in [-0.4, -0.2) is 37.1 Å². The molecule has 0 aromatic heterocycles. The summed E-state index contributed by atoms with van der Waals surface area (Å²) < 4.78 is 24.6. The first-order valence-corrected chi connectivity index (χ1v) is 10.7. The van der Waals surface area contributed by atoms with Crippen LogP contribution in [0.4, 0.5) is 11.4 Å². The van der Waals surface area contributed by atoms with Crippen LogP contribution < -0.4 is 9.80 Å². The summed E-state index contributed by atoms with van der Waals surface area (Å²) in [7, 11) is -3.07. The molecule has 0 radical (unpaired) electrons. The predicted molar refractivity (Wildman–Crippen MR) is 106 cm³/mol. The van der Waals surface area contributed by atoms with E-state index >= 15 is 0 Å². The van der Waals surface area contributed by atoms with Gasteiger partial charge in [-0.3, -0.25) is 0 Å². The molecule has 4 nitrogen and oxygen atoms in total. The number of rotatable bonds is 3. The summed E-state index contributed by atoms with van der Waals surface area (Å²) in [6.45, 7) is 2.12. The van der Waals surface area contributed by atoms with Crippen molar-refractivity contribution in [3.63, 3.8) is 0 Å². The zero-order chi connectivity index (χ0) is 17.6. The molecular weight excluding hydrogens is 352 g/mol. The zero-order valence-corrected chi connectivity index (χ0v) is 15.6. The Balaban J connectivity index is 1.77. The van der Waals surface area contributed by atoms with Gasteiger partial charge in [0, 0.05) is 11.4 Å². The first-order valence-electron chi connectivity index (χ1n) is 8.47. The van der Waals surface area contributed by atoms with Gasteiger partial charge in [-0.2, -0.15) is 0 Å². The first-order chi connectivity index (χ1) is 12.0. The summed E-state index contributed by atoms with van der Waals surface area (Å²) in [5.74, 6) is 0.299. The highest BCUT2D eigenvalue weighted by Gasteiger charge is 2.52. The molecule has 0 bridgehead atoms. The van der Waals surface area contributed by atoms with E-state index in [4.69, 9.17) is 12.2 Å². The van der Waals surface area contributed by atoms with E-state index < -0.39 is 9.84 Å². The molecule has 0 unspecified atom stereocenters. The van der Waals surface area contributed by atoms with E-state index in [1.54, 1.807) is 0 Å². The highest BCUT2D eigenvalue weighted by Crippen LogP contribution is 2.38. The number of para-hydroxylation sites is 1. The number of benzene rings is 2. The van der Waals surface area contributed by atoms with E-state index in [0.29, 0.717) is 5.11 Å². The summed E-state index contributed by atoms with van der Waals surface area (Å²) in [6, 6.07) is 17.8. The molecule has 2 fully saturated rings. The summed E-state index contributed by atoms with van der Waals surface area (Å²) in [6.07, 6.45) is 0.974. The maximum Gasteiger partial charge on any atom is 0.181 e. The van der Waals surface area contributed by atoms with Crippen molar-refractivity contribution in [3.8, 4) is 0 Å². The molecule has 0 N–H and O–H groups in total. The monoisotopic (exact) mass is 372 g/mol. The molecule has 2 aromatic carbocycles. The van der Waals surface area contributed by atoms with E-state index in [2.05, 4.69) is 19.1 Å². The third kappa shape index (κ3) is 2.83. The second kappa shape index (κ2) is 6.11. The van der Waals surface area contributed by atoms with Crippen LogP contribution >= 0.6 is 12.2 Å².